The summed E-state index contributed by atoms with van der Waals surface area (Å²) in [5.74, 6) is -0.607. The molecule has 0 saturated carbocycles. The second kappa shape index (κ2) is 9.28. The molecular weight excluding hydrogens is 416 g/mol. The molecule has 3 aromatic rings. The summed E-state index contributed by atoms with van der Waals surface area (Å²) in [7, 11) is 1.55. The summed E-state index contributed by atoms with van der Waals surface area (Å²) in [5.41, 5.74) is 3.07. The number of hydrogen-bond acceptors (Lipinski definition) is 5. The summed E-state index contributed by atoms with van der Waals surface area (Å²) >= 11 is 0. The first-order valence-electron chi connectivity index (χ1n) is 10.8. The van der Waals surface area contributed by atoms with Gasteiger partial charge in [-0.2, -0.15) is 0 Å². The third kappa shape index (κ3) is 4.37. The van der Waals surface area contributed by atoms with Gasteiger partial charge in [-0.1, -0.05) is 44.2 Å². The minimum Gasteiger partial charge on any atom is -0.507 e. The molecule has 2 heterocycles. The zero-order valence-electron chi connectivity index (χ0n) is 18.9. The molecule has 2 aromatic carbocycles. The van der Waals surface area contributed by atoms with Crippen molar-refractivity contribution in [2.24, 2.45) is 0 Å². The van der Waals surface area contributed by atoms with E-state index in [0.717, 1.165) is 11.1 Å². The lowest BCUT2D eigenvalue weighted by Crippen LogP contribution is -2.29. The van der Waals surface area contributed by atoms with Gasteiger partial charge in [0.05, 0.1) is 31.0 Å². The van der Waals surface area contributed by atoms with Crippen molar-refractivity contribution < 1.29 is 19.4 Å². The number of ketones is 1. The van der Waals surface area contributed by atoms with E-state index in [1.165, 1.54) is 4.90 Å². The fourth-order valence-corrected chi connectivity index (χ4v) is 4.02. The Hall–Kier alpha value is -3.93. The summed E-state index contributed by atoms with van der Waals surface area (Å²) in [6.45, 7) is 4.36. The molecule has 168 valence electrons. The standard InChI is InChI=1S/C27H26N2O4/c1-17(2)18-7-9-19(10-8-18)24-23(25(30)20-11-13-22(33-3)14-12-20)26(31)27(32)29(24)16-21-6-4-5-15-28-21/h4-15,17,24,30H,16H2,1-3H3/b25-23+. The highest BCUT2D eigenvalue weighted by atomic mass is 16.5. The van der Waals surface area contributed by atoms with Crippen LogP contribution in [0.2, 0.25) is 0 Å². The number of Topliss-reactive ketones (excluding diaryl/α,β-unsaturated/α-hetero) is 1. The number of ether oxygens (including phenoxy) is 1. The fraction of sp³-hybridized carbons (Fsp3) is 0.222. The van der Waals surface area contributed by atoms with Gasteiger partial charge in [-0.3, -0.25) is 14.6 Å². The molecule has 0 bridgehead atoms. The summed E-state index contributed by atoms with van der Waals surface area (Å²) in [4.78, 5) is 32.0. The highest BCUT2D eigenvalue weighted by Gasteiger charge is 2.46. The molecule has 0 spiro atoms. The van der Waals surface area contributed by atoms with Gasteiger partial charge < -0.3 is 14.7 Å². The maximum atomic E-state index is 13.1. The normalized spacial score (nSPS) is 17.6. The van der Waals surface area contributed by atoms with E-state index in [2.05, 4.69) is 18.8 Å². The maximum absolute atomic E-state index is 13.1. The second-order valence-corrected chi connectivity index (χ2v) is 8.30. The van der Waals surface area contributed by atoms with Crippen molar-refractivity contribution in [1.29, 1.82) is 0 Å². The molecule has 1 unspecified atom stereocenters. The first-order valence-corrected chi connectivity index (χ1v) is 10.8. The van der Waals surface area contributed by atoms with Crippen molar-refractivity contribution in [2.45, 2.75) is 32.4 Å². The van der Waals surface area contributed by atoms with Crippen LogP contribution in [-0.4, -0.2) is 33.8 Å². The summed E-state index contributed by atoms with van der Waals surface area (Å²) in [5, 5.41) is 11.2. The summed E-state index contributed by atoms with van der Waals surface area (Å²) in [6, 6.07) is 19.3. The van der Waals surface area contributed by atoms with Crippen molar-refractivity contribution >= 4 is 17.4 Å². The van der Waals surface area contributed by atoms with Crippen LogP contribution in [0.4, 0.5) is 0 Å². The van der Waals surface area contributed by atoms with Gasteiger partial charge in [-0.25, -0.2) is 0 Å². The van der Waals surface area contributed by atoms with E-state index in [4.69, 9.17) is 4.74 Å². The third-order valence-electron chi connectivity index (χ3n) is 5.88. The molecular formula is C27H26N2O4. The van der Waals surface area contributed by atoms with Gasteiger partial charge in [0, 0.05) is 11.8 Å². The molecule has 1 atom stereocenters. The molecule has 6 nitrogen and oxygen atoms in total. The molecule has 1 aromatic heterocycles. The molecule has 6 heteroatoms. The zero-order chi connectivity index (χ0) is 23.5. The van der Waals surface area contributed by atoms with Gasteiger partial charge in [-0.05, 0) is 53.4 Å². The summed E-state index contributed by atoms with van der Waals surface area (Å²) in [6.07, 6.45) is 1.65. The van der Waals surface area contributed by atoms with Gasteiger partial charge in [-0.15, -0.1) is 0 Å². The van der Waals surface area contributed by atoms with Gasteiger partial charge in [0.15, 0.2) is 0 Å². The number of pyridine rings is 1. The number of aliphatic hydroxyl groups excluding tert-OH is 1. The van der Waals surface area contributed by atoms with Crippen LogP contribution >= 0.6 is 0 Å². The Morgan fingerprint density at radius 1 is 1.03 bits per heavy atom. The lowest BCUT2D eigenvalue weighted by atomic mass is 9.93. The topological polar surface area (TPSA) is 79.7 Å². The molecule has 1 aliphatic heterocycles. The van der Waals surface area contributed by atoms with Crippen molar-refractivity contribution in [3.8, 4) is 5.75 Å². The van der Waals surface area contributed by atoms with Crippen LogP contribution in [0.3, 0.4) is 0 Å². The van der Waals surface area contributed by atoms with Crippen molar-refractivity contribution in [3.63, 3.8) is 0 Å². The number of rotatable bonds is 6. The van der Waals surface area contributed by atoms with Gasteiger partial charge in [0.25, 0.3) is 11.7 Å². The highest BCUT2D eigenvalue weighted by Crippen LogP contribution is 2.40. The Morgan fingerprint density at radius 2 is 1.73 bits per heavy atom. The van der Waals surface area contributed by atoms with Crippen LogP contribution in [0, 0.1) is 0 Å². The van der Waals surface area contributed by atoms with Crippen molar-refractivity contribution in [1.82, 2.24) is 9.88 Å². The van der Waals surface area contributed by atoms with E-state index >= 15 is 0 Å². The van der Waals surface area contributed by atoms with Crippen LogP contribution in [0.1, 0.15) is 48.2 Å². The zero-order valence-corrected chi connectivity index (χ0v) is 18.9. The number of methoxy groups -OCH3 is 1. The van der Waals surface area contributed by atoms with Crippen molar-refractivity contribution in [3.05, 3.63) is 101 Å². The number of hydrogen-bond donors (Lipinski definition) is 1. The SMILES string of the molecule is COc1ccc(/C(O)=C2\C(=O)C(=O)N(Cc3ccccn3)C2c2ccc(C(C)C)cc2)cc1. The van der Waals surface area contributed by atoms with Gasteiger partial charge >= 0.3 is 0 Å². The number of carbonyl (C=O) groups excluding carboxylic acids is 2. The molecule has 0 radical (unpaired) electrons. The van der Waals surface area contributed by atoms with Gasteiger partial charge in [0.2, 0.25) is 0 Å². The first kappa shape index (κ1) is 22.3. The Kier molecular flexibility index (Phi) is 6.27. The van der Waals surface area contributed by atoms with Crippen LogP contribution in [-0.2, 0) is 16.1 Å². The number of amides is 1. The first-order chi connectivity index (χ1) is 15.9. The number of benzene rings is 2. The fourth-order valence-electron chi connectivity index (χ4n) is 4.02. The lowest BCUT2D eigenvalue weighted by Gasteiger charge is -2.25. The van der Waals surface area contributed by atoms with E-state index in [1.54, 1.807) is 43.6 Å². The molecule has 1 amide bonds. The smallest absolute Gasteiger partial charge is 0.296 e. The largest absolute Gasteiger partial charge is 0.507 e. The number of likely N-dealkylation sites (tertiary alicyclic amines) is 1. The average Bonchev–Trinajstić information content (AvgIpc) is 3.09. The molecule has 1 N–H and O–H groups in total. The molecule has 1 saturated heterocycles. The predicted molar refractivity (Wildman–Crippen MR) is 126 cm³/mol. The van der Waals surface area contributed by atoms with E-state index in [9.17, 15) is 14.7 Å². The summed E-state index contributed by atoms with van der Waals surface area (Å²) < 4.78 is 5.18. The maximum Gasteiger partial charge on any atom is 0.296 e. The molecule has 33 heavy (non-hydrogen) atoms. The predicted octanol–water partition coefficient (Wildman–Crippen LogP) is 4.84. The Balaban J connectivity index is 1.83. The second-order valence-electron chi connectivity index (χ2n) is 8.30. The van der Waals surface area contributed by atoms with Gasteiger partial charge in [0.1, 0.15) is 11.5 Å². The van der Waals surface area contributed by atoms with E-state index in [1.807, 2.05) is 36.4 Å². The Labute approximate surface area is 193 Å². The Morgan fingerprint density at radius 3 is 2.30 bits per heavy atom. The van der Waals surface area contributed by atoms with E-state index < -0.39 is 17.7 Å². The Bertz CT molecular complexity index is 1180. The average molecular weight is 443 g/mol. The number of aromatic nitrogens is 1. The molecule has 0 aliphatic carbocycles. The highest BCUT2D eigenvalue weighted by molar-refractivity contribution is 6.46. The van der Waals surface area contributed by atoms with E-state index in [0.29, 0.717) is 22.9 Å². The number of aliphatic hydroxyl groups is 1. The van der Waals surface area contributed by atoms with Crippen LogP contribution in [0.25, 0.3) is 5.76 Å². The minimum atomic E-state index is -0.727. The number of nitrogens with zero attached hydrogens (tertiary/aromatic N) is 2. The minimum absolute atomic E-state index is 0.0680. The monoisotopic (exact) mass is 442 g/mol. The van der Waals surface area contributed by atoms with Crippen LogP contribution in [0.5, 0.6) is 5.75 Å². The van der Waals surface area contributed by atoms with Crippen molar-refractivity contribution in [2.75, 3.05) is 7.11 Å². The molecule has 1 fully saturated rings. The van der Waals surface area contributed by atoms with E-state index in [-0.39, 0.29) is 17.9 Å². The third-order valence-corrected chi connectivity index (χ3v) is 5.88. The van der Waals surface area contributed by atoms with Crippen LogP contribution < -0.4 is 4.74 Å². The lowest BCUT2D eigenvalue weighted by molar-refractivity contribution is -0.140. The molecule has 1 aliphatic rings. The molecule has 4 rings (SSSR count). The van der Waals surface area contributed by atoms with Crippen LogP contribution in [0.15, 0.2) is 78.5 Å². The number of carbonyl (C=O) groups is 2. The quantitative estimate of drug-likeness (QED) is 0.336.